The Balaban J connectivity index is 2.79. The van der Waals surface area contributed by atoms with Crippen molar-refractivity contribution in [2.24, 2.45) is 18.5 Å². The predicted molar refractivity (Wildman–Crippen MR) is 57.7 cm³/mol. The number of hydrogen-bond donors (Lipinski definition) is 2. The number of fused-ring (bicyclic) bond motifs is 1. The third-order valence-electron chi connectivity index (χ3n) is 2.37. The number of nitrogens with two attached hydrogens (primary N) is 2. The molecule has 82 valence electrons. The van der Waals surface area contributed by atoms with Gasteiger partial charge >= 0.3 is 0 Å². The average Bonchev–Trinajstić information content (AvgIpc) is 2.56. The van der Waals surface area contributed by atoms with Gasteiger partial charge in [-0.1, -0.05) is 0 Å². The van der Waals surface area contributed by atoms with Crippen LogP contribution >= 0.6 is 0 Å². The zero-order valence-electron chi connectivity index (χ0n) is 8.60. The van der Waals surface area contributed by atoms with Crippen LogP contribution in [0, 0.1) is 0 Å². The van der Waals surface area contributed by atoms with Gasteiger partial charge in [0.25, 0.3) is 5.91 Å². The molecule has 6 nitrogen and oxygen atoms in total. The number of carbonyl (C=O) groups is 2. The summed E-state index contributed by atoms with van der Waals surface area (Å²) in [6.45, 7) is 0. The fourth-order valence-corrected chi connectivity index (χ4v) is 1.60. The Morgan fingerprint density at radius 1 is 1.25 bits per heavy atom. The van der Waals surface area contributed by atoms with E-state index < -0.39 is 11.8 Å². The first-order valence-electron chi connectivity index (χ1n) is 4.57. The minimum atomic E-state index is -0.632. The standard InChI is InChI=1S/C10H10N4O2/c1-14-7-3-2-5(9(11)15)4-6(7)8(13-14)10(12)16/h2-4H,1H3,(H2,11,15)(H2,12,16). The van der Waals surface area contributed by atoms with Gasteiger partial charge < -0.3 is 11.5 Å². The zero-order valence-corrected chi connectivity index (χ0v) is 8.60. The van der Waals surface area contributed by atoms with Gasteiger partial charge in [0.1, 0.15) is 0 Å². The van der Waals surface area contributed by atoms with Gasteiger partial charge in [-0.3, -0.25) is 14.3 Å². The van der Waals surface area contributed by atoms with E-state index >= 15 is 0 Å². The molecule has 0 unspecified atom stereocenters. The largest absolute Gasteiger partial charge is 0.366 e. The van der Waals surface area contributed by atoms with E-state index in [4.69, 9.17) is 11.5 Å². The highest BCUT2D eigenvalue weighted by Crippen LogP contribution is 2.19. The second-order valence-electron chi connectivity index (χ2n) is 3.43. The molecule has 0 fully saturated rings. The number of benzene rings is 1. The van der Waals surface area contributed by atoms with E-state index in [0.717, 1.165) is 5.52 Å². The van der Waals surface area contributed by atoms with Crippen molar-refractivity contribution < 1.29 is 9.59 Å². The lowest BCUT2D eigenvalue weighted by atomic mass is 10.1. The van der Waals surface area contributed by atoms with Crippen LogP contribution < -0.4 is 11.5 Å². The molecule has 0 saturated carbocycles. The first-order chi connectivity index (χ1) is 7.50. The predicted octanol–water partition coefficient (Wildman–Crippen LogP) is -0.229. The molecule has 1 aromatic heterocycles. The molecule has 1 aromatic carbocycles. The van der Waals surface area contributed by atoms with Gasteiger partial charge in [-0.2, -0.15) is 5.10 Å². The summed E-state index contributed by atoms with van der Waals surface area (Å²) in [5, 5.41) is 4.51. The monoisotopic (exact) mass is 218 g/mol. The van der Waals surface area contributed by atoms with Crippen LogP contribution in [0.4, 0.5) is 0 Å². The van der Waals surface area contributed by atoms with E-state index in [9.17, 15) is 9.59 Å². The number of amides is 2. The van der Waals surface area contributed by atoms with Crippen LogP contribution in [0.5, 0.6) is 0 Å². The smallest absolute Gasteiger partial charge is 0.269 e. The van der Waals surface area contributed by atoms with Crippen LogP contribution in [0.15, 0.2) is 18.2 Å². The van der Waals surface area contributed by atoms with Crippen LogP contribution in [0.1, 0.15) is 20.8 Å². The molecule has 0 spiro atoms. The molecule has 2 rings (SSSR count). The maximum Gasteiger partial charge on any atom is 0.269 e. The first-order valence-corrected chi connectivity index (χ1v) is 4.57. The molecule has 0 aliphatic carbocycles. The molecule has 0 bridgehead atoms. The van der Waals surface area contributed by atoms with Crippen LogP contribution in [0.25, 0.3) is 10.9 Å². The summed E-state index contributed by atoms with van der Waals surface area (Å²) in [7, 11) is 1.69. The minimum Gasteiger partial charge on any atom is -0.366 e. The Morgan fingerprint density at radius 2 is 1.94 bits per heavy atom. The maximum atomic E-state index is 11.1. The van der Waals surface area contributed by atoms with Crippen molar-refractivity contribution in [3.05, 3.63) is 29.5 Å². The van der Waals surface area contributed by atoms with Crippen molar-refractivity contribution >= 4 is 22.7 Å². The molecule has 0 aliphatic rings. The summed E-state index contributed by atoms with van der Waals surface area (Å²) in [6, 6.07) is 4.77. The summed E-state index contributed by atoms with van der Waals surface area (Å²) in [5.74, 6) is -1.19. The van der Waals surface area contributed by atoms with Crippen LogP contribution in [0.2, 0.25) is 0 Å². The van der Waals surface area contributed by atoms with Crippen molar-refractivity contribution in [2.75, 3.05) is 0 Å². The summed E-state index contributed by atoms with van der Waals surface area (Å²) < 4.78 is 1.53. The quantitative estimate of drug-likeness (QED) is 0.727. The molecule has 1 heterocycles. The minimum absolute atomic E-state index is 0.139. The lowest BCUT2D eigenvalue weighted by Gasteiger charge is -1.97. The number of hydrogen-bond acceptors (Lipinski definition) is 3. The average molecular weight is 218 g/mol. The van der Waals surface area contributed by atoms with Gasteiger partial charge in [-0.15, -0.1) is 0 Å². The van der Waals surface area contributed by atoms with Crippen molar-refractivity contribution in [1.82, 2.24) is 9.78 Å². The Hall–Kier alpha value is -2.37. The maximum absolute atomic E-state index is 11.1. The molecule has 16 heavy (non-hydrogen) atoms. The van der Waals surface area contributed by atoms with E-state index in [1.54, 1.807) is 19.2 Å². The molecule has 0 atom stereocenters. The van der Waals surface area contributed by atoms with Gasteiger partial charge in [0.05, 0.1) is 5.52 Å². The summed E-state index contributed by atoms with van der Waals surface area (Å²) in [6.07, 6.45) is 0. The lowest BCUT2D eigenvalue weighted by Crippen LogP contribution is -2.13. The van der Waals surface area contributed by atoms with Crippen LogP contribution in [0.3, 0.4) is 0 Å². The van der Waals surface area contributed by atoms with Gasteiger partial charge in [0.15, 0.2) is 5.69 Å². The first kappa shape index (κ1) is 10.2. The van der Waals surface area contributed by atoms with Crippen molar-refractivity contribution in [1.29, 1.82) is 0 Å². The Labute approximate surface area is 90.8 Å². The molecule has 4 N–H and O–H groups in total. The van der Waals surface area contributed by atoms with E-state index in [1.165, 1.54) is 10.7 Å². The Morgan fingerprint density at radius 3 is 2.50 bits per heavy atom. The van der Waals surface area contributed by atoms with Gasteiger partial charge in [0.2, 0.25) is 5.91 Å². The Kier molecular flexibility index (Phi) is 2.12. The number of primary amides is 2. The molecular weight excluding hydrogens is 208 g/mol. The normalized spacial score (nSPS) is 10.6. The second-order valence-corrected chi connectivity index (χ2v) is 3.43. The third-order valence-corrected chi connectivity index (χ3v) is 2.37. The van der Waals surface area contributed by atoms with Gasteiger partial charge in [-0.05, 0) is 18.2 Å². The molecule has 2 amide bonds. The van der Waals surface area contributed by atoms with E-state index in [1.807, 2.05) is 0 Å². The van der Waals surface area contributed by atoms with Gasteiger partial charge in [0, 0.05) is 18.0 Å². The van der Waals surface area contributed by atoms with E-state index in [0.29, 0.717) is 10.9 Å². The highest BCUT2D eigenvalue weighted by molar-refractivity contribution is 6.06. The fraction of sp³-hybridized carbons (Fsp3) is 0.100. The summed E-state index contributed by atoms with van der Waals surface area (Å²) >= 11 is 0. The van der Waals surface area contributed by atoms with Crippen LogP contribution in [-0.2, 0) is 7.05 Å². The van der Waals surface area contributed by atoms with Crippen LogP contribution in [-0.4, -0.2) is 21.6 Å². The molecule has 6 heteroatoms. The van der Waals surface area contributed by atoms with Crippen molar-refractivity contribution in [2.45, 2.75) is 0 Å². The second kappa shape index (κ2) is 3.34. The number of aromatic nitrogens is 2. The van der Waals surface area contributed by atoms with E-state index in [2.05, 4.69) is 5.10 Å². The molecule has 2 aromatic rings. The van der Waals surface area contributed by atoms with Gasteiger partial charge in [-0.25, -0.2) is 0 Å². The molecule has 0 radical (unpaired) electrons. The topological polar surface area (TPSA) is 104 Å². The Bertz CT molecular complexity index is 600. The third kappa shape index (κ3) is 1.40. The molecule has 0 aliphatic heterocycles. The number of rotatable bonds is 2. The lowest BCUT2D eigenvalue weighted by molar-refractivity contribution is 0.0988. The van der Waals surface area contributed by atoms with E-state index in [-0.39, 0.29) is 5.69 Å². The fourth-order valence-electron chi connectivity index (χ4n) is 1.60. The molecular formula is C10H10N4O2. The number of aryl methyl sites for hydroxylation is 1. The van der Waals surface area contributed by atoms with Crippen molar-refractivity contribution in [3.8, 4) is 0 Å². The number of nitrogens with zero attached hydrogens (tertiary/aromatic N) is 2. The highest BCUT2D eigenvalue weighted by atomic mass is 16.1. The highest BCUT2D eigenvalue weighted by Gasteiger charge is 2.14. The molecule has 0 saturated heterocycles. The van der Waals surface area contributed by atoms with Crippen molar-refractivity contribution in [3.63, 3.8) is 0 Å². The number of carbonyl (C=O) groups excluding carboxylic acids is 2. The summed E-state index contributed by atoms with van der Waals surface area (Å²) in [4.78, 5) is 22.2. The summed E-state index contributed by atoms with van der Waals surface area (Å²) in [5.41, 5.74) is 11.5. The SMILES string of the molecule is Cn1nc(C(N)=O)c2cc(C(N)=O)ccc21. The zero-order chi connectivity index (χ0) is 11.9.